The van der Waals surface area contributed by atoms with Crippen molar-refractivity contribution in [1.82, 2.24) is 9.55 Å². The van der Waals surface area contributed by atoms with E-state index < -0.39 is 0 Å². The van der Waals surface area contributed by atoms with Crippen molar-refractivity contribution in [3.63, 3.8) is 0 Å². The zero-order valence-electron chi connectivity index (χ0n) is 14.3. The minimum atomic E-state index is -0.0955. The van der Waals surface area contributed by atoms with Crippen LogP contribution >= 0.6 is 11.8 Å². The van der Waals surface area contributed by atoms with E-state index in [1.807, 2.05) is 60.2 Å². The van der Waals surface area contributed by atoms with Gasteiger partial charge in [0.1, 0.15) is 0 Å². The molecule has 1 N–H and O–H groups in total. The summed E-state index contributed by atoms with van der Waals surface area (Å²) in [7, 11) is 0. The molecule has 3 aromatic rings. The van der Waals surface area contributed by atoms with Crippen molar-refractivity contribution in [3.05, 3.63) is 72.1 Å². The molecule has 0 saturated heterocycles. The fourth-order valence-corrected chi connectivity index (χ4v) is 3.27. The van der Waals surface area contributed by atoms with Gasteiger partial charge in [-0.05, 0) is 42.3 Å². The molecule has 1 aromatic heterocycles. The number of rotatable bonds is 6. The molecule has 1 amide bonds. The Labute approximate surface area is 156 Å². The van der Waals surface area contributed by atoms with Crippen molar-refractivity contribution in [3.8, 4) is 11.8 Å². The molecule has 0 atom stereocenters. The van der Waals surface area contributed by atoms with Gasteiger partial charge >= 0.3 is 0 Å². The number of carbonyl (C=O) groups is 1. The first-order valence-corrected chi connectivity index (χ1v) is 9.13. The maximum absolute atomic E-state index is 12.2. The molecule has 3 rings (SSSR count). The van der Waals surface area contributed by atoms with Crippen LogP contribution in [-0.2, 0) is 11.2 Å². The lowest BCUT2D eigenvalue weighted by atomic mass is 10.1. The third-order valence-corrected chi connectivity index (χ3v) is 4.71. The van der Waals surface area contributed by atoms with Crippen LogP contribution < -0.4 is 5.32 Å². The number of carbonyl (C=O) groups excluding carboxylic acids is 1. The summed E-state index contributed by atoms with van der Waals surface area (Å²) in [6.45, 7) is 2.04. The molecular weight excluding hydrogens is 344 g/mol. The van der Waals surface area contributed by atoms with Gasteiger partial charge in [-0.15, -0.1) is 0 Å². The van der Waals surface area contributed by atoms with Crippen LogP contribution in [0.15, 0.2) is 66.1 Å². The molecular formula is C20H18N4OS. The summed E-state index contributed by atoms with van der Waals surface area (Å²) in [5, 5.41) is 12.3. The first kappa shape index (κ1) is 17.8. The van der Waals surface area contributed by atoms with E-state index in [-0.39, 0.29) is 11.7 Å². The van der Waals surface area contributed by atoms with Gasteiger partial charge in [0.15, 0.2) is 5.16 Å². The van der Waals surface area contributed by atoms with E-state index in [0.717, 1.165) is 22.1 Å². The first-order chi connectivity index (χ1) is 12.7. The Hall–Kier alpha value is -3.04. The Balaban J connectivity index is 1.60. The highest BCUT2D eigenvalue weighted by Crippen LogP contribution is 2.21. The van der Waals surface area contributed by atoms with Crippen LogP contribution in [0.1, 0.15) is 11.1 Å². The standard InChI is InChI=1S/C20H18N4OS/c1-15-3-2-4-18(13-15)24-12-11-22-20(24)26-14-19(25)23-17-7-5-16(6-8-17)9-10-21/h2-8,11-13H,9,14H2,1H3,(H,23,25). The molecule has 5 nitrogen and oxygen atoms in total. The number of nitriles is 1. The van der Waals surface area contributed by atoms with Gasteiger partial charge in [-0.25, -0.2) is 4.98 Å². The highest BCUT2D eigenvalue weighted by atomic mass is 32.2. The number of aryl methyl sites for hydroxylation is 1. The van der Waals surface area contributed by atoms with Gasteiger partial charge in [0, 0.05) is 23.8 Å². The van der Waals surface area contributed by atoms with Crippen LogP contribution in [-0.4, -0.2) is 21.2 Å². The van der Waals surface area contributed by atoms with E-state index in [2.05, 4.69) is 22.4 Å². The molecule has 0 radical (unpaired) electrons. The number of hydrogen-bond donors (Lipinski definition) is 1. The molecule has 0 aliphatic carbocycles. The summed E-state index contributed by atoms with van der Waals surface area (Å²) in [6.07, 6.45) is 3.99. The number of anilines is 1. The average molecular weight is 362 g/mol. The molecule has 0 bridgehead atoms. The van der Waals surface area contributed by atoms with E-state index in [1.165, 1.54) is 17.3 Å². The van der Waals surface area contributed by atoms with Crippen molar-refractivity contribution in [1.29, 1.82) is 5.26 Å². The first-order valence-electron chi connectivity index (χ1n) is 8.14. The summed E-state index contributed by atoms with van der Waals surface area (Å²) >= 11 is 1.39. The summed E-state index contributed by atoms with van der Waals surface area (Å²) in [6, 6.07) is 17.5. The molecule has 0 saturated carbocycles. The number of thioether (sulfide) groups is 1. The van der Waals surface area contributed by atoms with Gasteiger partial charge in [-0.1, -0.05) is 36.0 Å². The second kappa shape index (κ2) is 8.37. The normalized spacial score (nSPS) is 10.3. The quantitative estimate of drug-likeness (QED) is 0.674. The molecule has 6 heteroatoms. The van der Waals surface area contributed by atoms with Gasteiger partial charge in [0.25, 0.3) is 0 Å². The summed E-state index contributed by atoms with van der Waals surface area (Å²) in [5.74, 6) is 0.171. The fourth-order valence-electron chi connectivity index (χ4n) is 2.50. The maximum Gasteiger partial charge on any atom is 0.234 e. The van der Waals surface area contributed by atoms with E-state index in [9.17, 15) is 4.79 Å². The Morgan fingerprint density at radius 1 is 1.27 bits per heavy atom. The van der Waals surface area contributed by atoms with Crippen LogP contribution in [0.2, 0.25) is 0 Å². The van der Waals surface area contributed by atoms with Crippen LogP contribution in [0, 0.1) is 18.3 Å². The van der Waals surface area contributed by atoms with Gasteiger partial charge in [-0.3, -0.25) is 9.36 Å². The maximum atomic E-state index is 12.2. The molecule has 130 valence electrons. The third-order valence-electron chi connectivity index (χ3n) is 3.74. The van der Waals surface area contributed by atoms with Crippen molar-refractivity contribution >= 4 is 23.4 Å². The van der Waals surface area contributed by atoms with Gasteiger partial charge in [0.05, 0.1) is 18.2 Å². The van der Waals surface area contributed by atoms with Crippen molar-refractivity contribution in [2.24, 2.45) is 0 Å². The molecule has 1 heterocycles. The molecule has 0 aliphatic heterocycles. The van der Waals surface area contributed by atoms with Crippen LogP contribution in [0.5, 0.6) is 0 Å². The van der Waals surface area contributed by atoms with E-state index in [0.29, 0.717) is 6.42 Å². The second-order valence-electron chi connectivity index (χ2n) is 5.79. The molecule has 0 fully saturated rings. The van der Waals surface area contributed by atoms with Gasteiger partial charge in [-0.2, -0.15) is 5.26 Å². The number of aromatic nitrogens is 2. The summed E-state index contributed by atoms with van der Waals surface area (Å²) in [4.78, 5) is 16.5. The minimum Gasteiger partial charge on any atom is -0.325 e. The molecule has 0 aliphatic rings. The van der Waals surface area contributed by atoms with E-state index in [4.69, 9.17) is 5.26 Å². The summed E-state index contributed by atoms with van der Waals surface area (Å²) in [5.41, 5.74) is 3.85. The monoisotopic (exact) mass is 362 g/mol. The van der Waals surface area contributed by atoms with Crippen LogP contribution in [0.3, 0.4) is 0 Å². The van der Waals surface area contributed by atoms with Crippen molar-refractivity contribution in [2.45, 2.75) is 18.5 Å². The zero-order chi connectivity index (χ0) is 18.4. The molecule has 0 unspecified atom stereocenters. The van der Waals surface area contributed by atoms with E-state index in [1.54, 1.807) is 6.20 Å². The molecule has 2 aromatic carbocycles. The molecule has 0 spiro atoms. The topological polar surface area (TPSA) is 70.7 Å². The van der Waals surface area contributed by atoms with Crippen LogP contribution in [0.25, 0.3) is 5.69 Å². The van der Waals surface area contributed by atoms with E-state index >= 15 is 0 Å². The average Bonchev–Trinajstić information content (AvgIpc) is 3.10. The third kappa shape index (κ3) is 4.52. The number of nitrogens with zero attached hydrogens (tertiary/aromatic N) is 3. The smallest absolute Gasteiger partial charge is 0.234 e. The largest absolute Gasteiger partial charge is 0.325 e. The lowest BCUT2D eigenvalue weighted by Gasteiger charge is -2.09. The number of benzene rings is 2. The number of nitrogens with one attached hydrogen (secondary N) is 1. The van der Waals surface area contributed by atoms with Crippen molar-refractivity contribution < 1.29 is 4.79 Å². The zero-order valence-corrected chi connectivity index (χ0v) is 15.2. The predicted molar refractivity (Wildman–Crippen MR) is 103 cm³/mol. The Morgan fingerprint density at radius 3 is 2.81 bits per heavy atom. The van der Waals surface area contributed by atoms with Crippen LogP contribution in [0.4, 0.5) is 5.69 Å². The van der Waals surface area contributed by atoms with Gasteiger partial charge in [0.2, 0.25) is 5.91 Å². The number of imidazole rings is 1. The molecule has 26 heavy (non-hydrogen) atoms. The Bertz CT molecular complexity index is 941. The number of hydrogen-bond acceptors (Lipinski definition) is 4. The number of amides is 1. The minimum absolute atomic E-state index is 0.0955. The lowest BCUT2D eigenvalue weighted by Crippen LogP contribution is -2.14. The highest BCUT2D eigenvalue weighted by Gasteiger charge is 2.09. The Morgan fingerprint density at radius 2 is 2.08 bits per heavy atom. The van der Waals surface area contributed by atoms with Crippen molar-refractivity contribution in [2.75, 3.05) is 11.1 Å². The second-order valence-corrected chi connectivity index (χ2v) is 6.73. The van der Waals surface area contributed by atoms with Gasteiger partial charge < -0.3 is 5.32 Å². The summed E-state index contributed by atoms with van der Waals surface area (Å²) < 4.78 is 1.97. The lowest BCUT2D eigenvalue weighted by molar-refractivity contribution is -0.113. The fraction of sp³-hybridized carbons (Fsp3) is 0.150. The SMILES string of the molecule is Cc1cccc(-n2ccnc2SCC(=O)Nc2ccc(CC#N)cc2)c1. The highest BCUT2D eigenvalue weighted by molar-refractivity contribution is 7.99. The Kier molecular flexibility index (Phi) is 5.72. The predicted octanol–water partition coefficient (Wildman–Crippen LogP) is 3.98.